The molecule has 0 unspecified atom stereocenters. The van der Waals surface area contributed by atoms with E-state index in [1.54, 1.807) is 16.7 Å². The average Bonchev–Trinajstić information content (AvgIpc) is 2.46. The van der Waals surface area contributed by atoms with Gasteiger partial charge in [-0.05, 0) is 17.7 Å². The summed E-state index contributed by atoms with van der Waals surface area (Å²) in [6.45, 7) is 0.369. The number of rotatable bonds is 4. The molecular weight excluding hydrogens is 270 g/mol. The zero-order valence-electron chi connectivity index (χ0n) is 10.7. The van der Waals surface area contributed by atoms with Crippen LogP contribution in [-0.2, 0) is 6.54 Å². The zero-order chi connectivity index (χ0) is 14.5. The molecule has 1 aromatic carbocycles. The van der Waals surface area contributed by atoms with Gasteiger partial charge in [-0.25, -0.2) is 0 Å². The molecule has 2 N–H and O–H groups in total. The van der Waals surface area contributed by atoms with Crippen molar-refractivity contribution in [2.45, 2.75) is 13.0 Å². The SMILES string of the molecule is N#Cc1ccc(-c2ccccc2)n(CCC(N)=S)c1=O. The number of thiocarbonyl (C=S) groups is 1. The van der Waals surface area contributed by atoms with Crippen molar-refractivity contribution in [2.75, 3.05) is 0 Å². The van der Waals surface area contributed by atoms with Crippen LogP contribution in [0.4, 0.5) is 0 Å². The van der Waals surface area contributed by atoms with E-state index < -0.39 is 0 Å². The molecule has 0 saturated heterocycles. The molecule has 0 amide bonds. The zero-order valence-corrected chi connectivity index (χ0v) is 11.6. The molecule has 20 heavy (non-hydrogen) atoms. The fourth-order valence-corrected chi connectivity index (χ4v) is 2.06. The van der Waals surface area contributed by atoms with Gasteiger partial charge in [0.25, 0.3) is 5.56 Å². The van der Waals surface area contributed by atoms with Gasteiger partial charge in [0.05, 0.1) is 10.7 Å². The van der Waals surface area contributed by atoms with Crippen LogP contribution in [0.2, 0.25) is 0 Å². The molecule has 0 radical (unpaired) electrons. The van der Waals surface area contributed by atoms with Crippen LogP contribution >= 0.6 is 12.2 Å². The van der Waals surface area contributed by atoms with E-state index >= 15 is 0 Å². The Kier molecular flexibility index (Phi) is 4.28. The predicted octanol–water partition coefficient (Wildman–Crippen LogP) is 2.06. The second-order valence-corrected chi connectivity index (χ2v) is 4.81. The fourth-order valence-electron chi connectivity index (χ4n) is 1.97. The maximum Gasteiger partial charge on any atom is 0.268 e. The van der Waals surface area contributed by atoms with Crippen molar-refractivity contribution in [3.63, 3.8) is 0 Å². The van der Waals surface area contributed by atoms with Gasteiger partial charge in [-0.2, -0.15) is 5.26 Å². The van der Waals surface area contributed by atoms with Crippen LogP contribution in [0.25, 0.3) is 11.3 Å². The van der Waals surface area contributed by atoms with Crippen molar-refractivity contribution in [3.8, 4) is 17.3 Å². The molecule has 100 valence electrons. The van der Waals surface area contributed by atoms with E-state index in [1.807, 2.05) is 36.4 Å². The van der Waals surface area contributed by atoms with Gasteiger partial charge in [0.2, 0.25) is 0 Å². The van der Waals surface area contributed by atoms with Crippen LogP contribution in [0.3, 0.4) is 0 Å². The van der Waals surface area contributed by atoms with Crippen molar-refractivity contribution in [3.05, 3.63) is 58.4 Å². The summed E-state index contributed by atoms with van der Waals surface area (Å²) in [6, 6.07) is 14.8. The molecule has 1 heterocycles. The topological polar surface area (TPSA) is 71.8 Å². The molecule has 0 fully saturated rings. The molecule has 0 aliphatic heterocycles. The third-order valence-electron chi connectivity index (χ3n) is 2.95. The molecule has 4 nitrogen and oxygen atoms in total. The molecule has 2 aromatic rings. The highest BCUT2D eigenvalue weighted by Gasteiger charge is 2.10. The fraction of sp³-hybridized carbons (Fsp3) is 0.133. The Morgan fingerprint density at radius 3 is 2.55 bits per heavy atom. The van der Waals surface area contributed by atoms with Gasteiger partial charge in [-0.1, -0.05) is 42.5 Å². The number of nitrogens with two attached hydrogens (primary N) is 1. The lowest BCUT2D eigenvalue weighted by atomic mass is 10.1. The Morgan fingerprint density at radius 2 is 1.95 bits per heavy atom. The van der Waals surface area contributed by atoms with Crippen LogP contribution in [0.1, 0.15) is 12.0 Å². The first-order valence-corrected chi connectivity index (χ1v) is 6.52. The van der Waals surface area contributed by atoms with Crippen LogP contribution in [0.5, 0.6) is 0 Å². The number of nitriles is 1. The molecule has 0 bridgehead atoms. The molecule has 0 aliphatic carbocycles. The normalized spacial score (nSPS) is 9.95. The van der Waals surface area contributed by atoms with E-state index in [4.69, 9.17) is 23.2 Å². The first-order valence-electron chi connectivity index (χ1n) is 6.11. The largest absolute Gasteiger partial charge is 0.393 e. The third-order valence-corrected chi connectivity index (χ3v) is 3.15. The molecule has 0 atom stereocenters. The monoisotopic (exact) mass is 283 g/mol. The maximum atomic E-state index is 12.3. The quantitative estimate of drug-likeness (QED) is 0.872. The summed E-state index contributed by atoms with van der Waals surface area (Å²) >= 11 is 4.86. The van der Waals surface area contributed by atoms with E-state index in [1.165, 1.54) is 0 Å². The Morgan fingerprint density at radius 1 is 1.25 bits per heavy atom. The van der Waals surface area contributed by atoms with E-state index in [0.29, 0.717) is 18.0 Å². The molecule has 0 aliphatic rings. The average molecular weight is 283 g/mol. The van der Waals surface area contributed by atoms with Gasteiger partial charge in [-0.15, -0.1) is 0 Å². The first kappa shape index (κ1) is 14.0. The van der Waals surface area contributed by atoms with Gasteiger partial charge in [0, 0.05) is 13.0 Å². The highest BCUT2D eigenvalue weighted by Crippen LogP contribution is 2.18. The number of aromatic nitrogens is 1. The van der Waals surface area contributed by atoms with Gasteiger partial charge in [0.15, 0.2) is 0 Å². The molecule has 0 spiro atoms. The van der Waals surface area contributed by atoms with Crippen LogP contribution < -0.4 is 11.3 Å². The number of hydrogen-bond donors (Lipinski definition) is 1. The summed E-state index contributed by atoms with van der Waals surface area (Å²) in [5.41, 5.74) is 6.97. The molecule has 2 rings (SSSR count). The Balaban J connectivity index is 2.57. The molecule has 0 saturated carbocycles. The van der Waals surface area contributed by atoms with Gasteiger partial charge >= 0.3 is 0 Å². The second kappa shape index (κ2) is 6.13. The van der Waals surface area contributed by atoms with Crippen molar-refractivity contribution in [1.29, 1.82) is 5.26 Å². The van der Waals surface area contributed by atoms with Gasteiger partial charge < -0.3 is 10.3 Å². The number of nitrogens with zero attached hydrogens (tertiary/aromatic N) is 2. The highest BCUT2D eigenvalue weighted by atomic mass is 32.1. The summed E-state index contributed by atoms with van der Waals surface area (Å²) in [6.07, 6.45) is 0.421. The Labute approximate surface area is 122 Å². The summed E-state index contributed by atoms with van der Waals surface area (Å²) < 4.78 is 1.55. The van der Waals surface area contributed by atoms with E-state index in [2.05, 4.69) is 0 Å². The van der Waals surface area contributed by atoms with Crippen LogP contribution in [0.15, 0.2) is 47.3 Å². The summed E-state index contributed by atoms with van der Waals surface area (Å²) in [7, 11) is 0. The predicted molar refractivity (Wildman–Crippen MR) is 82.3 cm³/mol. The van der Waals surface area contributed by atoms with Crippen LogP contribution in [0, 0.1) is 11.3 Å². The lowest BCUT2D eigenvalue weighted by Crippen LogP contribution is -2.26. The van der Waals surface area contributed by atoms with Crippen molar-refractivity contribution in [2.24, 2.45) is 5.73 Å². The Bertz CT molecular complexity index is 729. The van der Waals surface area contributed by atoms with Crippen molar-refractivity contribution < 1.29 is 0 Å². The molecule has 1 aromatic heterocycles. The van der Waals surface area contributed by atoms with E-state index in [-0.39, 0.29) is 11.1 Å². The third kappa shape index (κ3) is 2.92. The number of pyridine rings is 1. The summed E-state index contributed by atoms with van der Waals surface area (Å²) in [4.78, 5) is 12.6. The smallest absolute Gasteiger partial charge is 0.268 e. The van der Waals surface area contributed by atoms with E-state index in [0.717, 1.165) is 11.3 Å². The van der Waals surface area contributed by atoms with Crippen molar-refractivity contribution >= 4 is 17.2 Å². The number of benzene rings is 1. The highest BCUT2D eigenvalue weighted by molar-refractivity contribution is 7.80. The standard InChI is InChI=1S/C15H13N3OS/c16-10-12-6-7-13(11-4-2-1-3-5-11)18(15(12)19)9-8-14(17)20/h1-7H,8-9H2,(H2,17,20). The summed E-state index contributed by atoms with van der Waals surface area (Å²) in [5.74, 6) is 0. The summed E-state index contributed by atoms with van der Waals surface area (Å²) in [5, 5.41) is 8.97. The minimum absolute atomic E-state index is 0.118. The van der Waals surface area contributed by atoms with Gasteiger partial charge in [-0.3, -0.25) is 4.79 Å². The lowest BCUT2D eigenvalue weighted by Gasteiger charge is -2.13. The Hall–Kier alpha value is -2.45. The first-order chi connectivity index (χ1) is 9.63. The minimum Gasteiger partial charge on any atom is -0.393 e. The maximum absolute atomic E-state index is 12.3. The van der Waals surface area contributed by atoms with Gasteiger partial charge in [0.1, 0.15) is 11.6 Å². The van der Waals surface area contributed by atoms with E-state index in [9.17, 15) is 4.79 Å². The minimum atomic E-state index is -0.315. The molecule has 5 heteroatoms. The molecular formula is C15H13N3OS. The van der Waals surface area contributed by atoms with Crippen molar-refractivity contribution in [1.82, 2.24) is 4.57 Å². The second-order valence-electron chi connectivity index (χ2n) is 4.28. The number of hydrogen-bond acceptors (Lipinski definition) is 3. The lowest BCUT2D eigenvalue weighted by molar-refractivity contribution is 0.702. The van der Waals surface area contributed by atoms with Crippen LogP contribution in [-0.4, -0.2) is 9.56 Å².